The summed E-state index contributed by atoms with van der Waals surface area (Å²) in [7, 11) is 1.73. The Labute approximate surface area is 140 Å². The van der Waals surface area contributed by atoms with Gasteiger partial charge in [-0.25, -0.2) is 4.98 Å². The van der Waals surface area contributed by atoms with Crippen molar-refractivity contribution in [2.45, 2.75) is 53.1 Å². The number of nitrogens with zero attached hydrogens (tertiary/aromatic N) is 4. The van der Waals surface area contributed by atoms with E-state index in [9.17, 15) is 0 Å². The minimum Gasteiger partial charge on any atom is -0.351 e. The van der Waals surface area contributed by atoms with Crippen LogP contribution in [0, 0.1) is 13.8 Å². The van der Waals surface area contributed by atoms with Gasteiger partial charge in [0.25, 0.3) is 0 Å². The number of hydrogen-bond donors (Lipinski definition) is 2. The number of hydrogen-bond acceptors (Lipinski definition) is 6. The largest absolute Gasteiger partial charge is 0.351 e. The zero-order valence-corrected chi connectivity index (χ0v) is 15.3. The number of aromatic nitrogens is 3. The summed E-state index contributed by atoms with van der Waals surface area (Å²) in [5.41, 5.74) is 0.913. The molecule has 0 atom stereocenters. The fourth-order valence-corrected chi connectivity index (χ4v) is 2.79. The zero-order chi connectivity index (χ0) is 17.0. The van der Waals surface area contributed by atoms with E-state index in [4.69, 9.17) is 4.52 Å². The van der Waals surface area contributed by atoms with E-state index in [0.717, 1.165) is 10.7 Å². The molecule has 0 amide bonds. The van der Waals surface area contributed by atoms with E-state index < -0.39 is 0 Å². The van der Waals surface area contributed by atoms with Gasteiger partial charge in [0.2, 0.25) is 5.89 Å². The van der Waals surface area contributed by atoms with Crippen LogP contribution in [0.25, 0.3) is 0 Å². The van der Waals surface area contributed by atoms with E-state index in [1.807, 2.05) is 34.6 Å². The second-order valence-corrected chi connectivity index (χ2v) is 7.57. The maximum absolute atomic E-state index is 5.27. The van der Waals surface area contributed by atoms with Crippen LogP contribution in [0.5, 0.6) is 0 Å². The molecule has 126 valence electrons. The fourth-order valence-electron chi connectivity index (χ4n) is 1.92. The molecule has 0 aliphatic carbocycles. The van der Waals surface area contributed by atoms with Crippen molar-refractivity contribution in [1.82, 2.24) is 25.8 Å². The monoisotopic (exact) mass is 336 g/mol. The van der Waals surface area contributed by atoms with Crippen LogP contribution in [0.4, 0.5) is 0 Å². The summed E-state index contributed by atoms with van der Waals surface area (Å²) in [5, 5.41) is 11.5. The molecule has 0 aliphatic heterocycles. The van der Waals surface area contributed by atoms with Crippen LogP contribution < -0.4 is 10.6 Å². The average molecular weight is 336 g/mol. The lowest BCUT2D eigenvalue weighted by atomic mass is 9.97. The predicted octanol–water partition coefficient (Wildman–Crippen LogP) is 2.31. The summed E-state index contributed by atoms with van der Waals surface area (Å²) in [6.45, 7) is 11.3. The first-order valence-electron chi connectivity index (χ1n) is 7.50. The molecule has 7 nitrogen and oxygen atoms in total. The molecule has 8 heteroatoms. The molecule has 0 fully saturated rings. The minimum atomic E-state index is -0.146. The molecule has 0 aliphatic rings. The van der Waals surface area contributed by atoms with Crippen molar-refractivity contribution in [3.8, 4) is 0 Å². The van der Waals surface area contributed by atoms with E-state index >= 15 is 0 Å². The van der Waals surface area contributed by atoms with E-state index in [-0.39, 0.29) is 5.41 Å². The zero-order valence-electron chi connectivity index (χ0n) is 14.5. The van der Waals surface area contributed by atoms with Gasteiger partial charge in [-0.2, -0.15) is 4.98 Å². The standard InChI is InChI=1S/C15H24N6OS/c1-9-11(23-10(2)19-9)7-17-14(16-6)18-8-12-20-13(22-21-12)15(3,4)5/h7-8H2,1-6H3,(H2,16,17,18). The molecule has 0 saturated heterocycles. The van der Waals surface area contributed by atoms with Crippen molar-refractivity contribution in [3.05, 3.63) is 27.3 Å². The molecule has 0 bridgehead atoms. The number of rotatable bonds is 4. The van der Waals surface area contributed by atoms with Gasteiger partial charge in [0, 0.05) is 17.3 Å². The van der Waals surface area contributed by atoms with Gasteiger partial charge in [0.15, 0.2) is 11.8 Å². The molecule has 2 heterocycles. The molecule has 0 spiro atoms. The Morgan fingerprint density at radius 2 is 1.87 bits per heavy atom. The Morgan fingerprint density at radius 3 is 2.39 bits per heavy atom. The van der Waals surface area contributed by atoms with Crippen molar-refractivity contribution in [3.63, 3.8) is 0 Å². The lowest BCUT2D eigenvalue weighted by molar-refractivity contribution is 0.318. The van der Waals surface area contributed by atoms with Crippen LogP contribution in [0.2, 0.25) is 0 Å². The van der Waals surface area contributed by atoms with E-state index in [0.29, 0.717) is 30.8 Å². The molecular weight excluding hydrogens is 312 g/mol. The van der Waals surface area contributed by atoms with Crippen LogP contribution in [0.1, 0.15) is 48.1 Å². The van der Waals surface area contributed by atoms with E-state index in [2.05, 4.69) is 30.8 Å². The molecule has 2 rings (SSSR count). The van der Waals surface area contributed by atoms with Gasteiger partial charge >= 0.3 is 0 Å². The van der Waals surface area contributed by atoms with Crippen LogP contribution >= 0.6 is 11.3 Å². The third-order valence-electron chi connectivity index (χ3n) is 3.16. The summed E-state index contributed by atoms with van der Waals surface area (Å²) in [6, 6.07) is 0. The molecule has 0 radical (unpaired) electrons. The molecule has 0 unspecified atom stereocenters. The number of aryl methyl sites for hydroxylation is 2. The normalized spacial score (nSPS) is 12.5. The minimum absolute atomic E-state index is 0.146. The van der Waals surface area contributed by atoms with Crippen molar-refractivity contribution in [2.24, 2.45) is 4.99 Å². The second-order valence-electron chi connectivity index (χ2n) is 6.29. The molecule has 2 N–H and O–H groups in total. The van der Waals surface area contributed by atoms with Gasteiger partial charge < -0.3 is 15.2 Å². The highest BCUT2D eigenvalue weighted by atomic mass is 32.1. The Morgan fingerprint density at radius 1 is 1.17 bits per heavy atom. The summed E-state index contributed by atoms with van der Waals surface area (Å²) < 4.78 is 5.27. The van der Waals surface area contributed by atoms with Crippen LogP contribution in [0.15, 0.2) is 9.52 Å². The van der Waals surface area contributed by atoms with E-state index in [1.165, 1.54) is 4.88 Å². The van der Waals surface area contributed by atoms with E-state index in [1.54, 1.807) is 18.4 Å². The Kier molecular flexibility index (Phi) is 5.35. The first-order chi connectivity index (χ1) is 10.8. The molecular formula is C15H24N6OS. The smallest absolute Gasteiger partial charge is 0.232 e. The maximum Gasteiger partial charge on any atom is 0.232 e. The quantitative estimate of drug-likeness (QED) is 0.658. The molecule has 0 saturated carbocycles. The van der Waals surface area contributed by atoms with Crippen molar-refractivity contribution < 1.29 is 4.52 Å². The van der Waals surface area contributed by atoms with Gasteiger partial charge in [-0.15, -0.1) is 11.3 Å². The lowest BCUT2D eigenvalue weighted by Crippen LogP contribution is -2.36. The summed E-state index contributed by atoms with van der Waals surface area (Å²) in [4.78, 5) is 14.2. The number of nitrogens with one attached hydrogen (secondary N) is 2. The third kappa shape index (κ3) is 4.75. The van der Waals surface area contributed by atoms with Crippen molar-refractivity contribution >= 4 is 17.3 Å². The third-order valence-corrected chi connectivity index (χ3v) is 4.24. The summed E-state index contributed by atoms with van der Waals surface area (Å²) >= 11 is 1.69. The van der Waals surface area contributed by atoms with Gasteiger partial charge in [0.1, 0.15) is 0 Å². The Bertz CT molecular complexity index is 682. The molecule has 0 aromatic carbocycles. The van der Waals surface area contributed by atoms with Crippen molar-refractivity contribution in [2.75, 3.05) is 7.05 Å². The highest BCUT2D eigenvalue weighted by Crippen LogP contribution is 2.19. The lowest BCUT2D eigenvalue weighted by Gasteiger charge is -2.11. The SMILES string of the molecule is CN=C(NCc1noc(C(C)(C)C)n1)NCc1sc(C)nc1C. The van der Waals surface area contributed by atoms with Gasteiger partial charge in [-0.05, 0) is 13.8 Å². The first kappa shape index (κ1) is 17.4. The number of guanidine groups is 1. The topological polar surface area (TPSA) is 88.2 Å². The van der Waals surface area contributed by atoms with Gasteiger partial charge in [0.05, 0.1) is 23.8 Å². The average Bonchev–Trinajstić information content (AvgIpc) is 3.05. The number of thiazole rings is 1. The predicted molar refractivity (Wildman–Crippen MR) is 91.6 cm³/mol. The Hall–Kier alpha value is -1.96. The second kappa shape index (κ2) is 7.08. The molecule has 23 heavy (non-hydrogen) atoms. The number of aliphatic imine (C=N–C) groups is 1. The van der Waals surface area contributed by atoms with Crippen LogP contribution in [0.3, 0.4) is 0 Å². The van der Waals surface area contributed by atoms with Gasteiger partial charge in [-0.1, -0.05) is 25.9 Å². The van der Waals surface area contributed by atoms with Crippen LogP contribution in [-0.2, 0) is 18.5 Å². The summed E-state index contributed by atoms with van der Waals surface area (Å²) in [5.74, 6) is 1.94. The Balaban J connectivity index is 1.88. The van der Waals surface area contributed by atoms with Gasteiger partial charge in [-0.3, -0.25) is 4.99 Å². The highest BCUT2D eigenvalue weighted by molar-refractivity contribution is 7.11. The van der Waals surface area contributed by atoms with Crippen molar-refractivity contribution in [1.29, 1.82) is 0 Å². The highest BCUT2D eigenvalue weighted by Gasteiger charge is 2.21. The molecule has 2 aromatic rings. The fraction of sp³-hybridized carbons (Fsp3) is 0.600. The summed E-state index contributed by atoms with van der Waals surface area (Å²) in [6.07, 6.45) is 0. The molecule has 2 aromatic heterocycles. The maximum atomic E-state index is 5.27. The van der Waals surface area contributed by atoms with Crippen LogP contribution in [-0.4, -0.2) is 28.1 Å². The first-order valence-corrected chi connectivity index (χ1v) is 8.31.